The smallest absolute Gasteiger partial charge is 0.214 e. The van der Waals surface area contributed by atoms with Crippen molar-refractivity contribution in [3.05, 3.63) is 48.7 Å². The van der Waals surface area contributed by atoms with Gasteiger partial charge in [0.2, 0.25) is 5.12 Å². The largest absolute Gasteiger partial charge is 0.490 e. The van der Waals surface area contributed by atoms with Crippen LogP contribution in [0.1, 0.15) is 0 Å². The number of pyridine rings is 1. The van der Waals surface area contributed by atoms with Crippen LogP contribution in [0.5, 0.6) is 5.75 Å². The fraction of sp³-hybridized carbons (Fsp3) is 0.250. The highest BCUT2D eigenvalue weighted by Gasteiger charge is 2.01. The van der Waals surface area contributed by atoms with Crippen LogP contribution in [0.3, 0.4) is 0 Å². The molecule has 5 heteroatoms. The minimum atomic E-state index is 0.0175. The van der Waals surface area contributed by atoms with E-state index >= 15 is 0 Å². The third kappa shape index (κ3) is 5.21. The second kappa shape index (κ2) is 8.44. The molecule has 0 bridgehead atoms. The SMILES string of the molecule is CSC(=O)COCCOc1ccc(-c2ccccc2)nc1. The van der Waals surface area contributed by atoms with Crippen LogP contribution in [0.2, 0.25) is 0 Å². The van der Waals surface area contributed by atoms with E-state index in [0.717, 1.165) is 23.0 Å². The highest BCUT2D eigenvalue weighted by Crippen LogP contribution is 2.18. The van der Waals surface area contributed by atoms with Gasteiger partial charge in [-0.2, -0.15) is 0 Å². The molecule has 0 saturated heterocycles. The molecular weight excluding hydrogens is 286 g/mol. The van der Waals surface area contributed by atoms with Crippen molar-refractivity contribution in [3.63, 3.8) is 0 Å². The van der Waals surface area contributed by atoms with Gasteiger partial charge in [-0.1, -0.05) is 42.1 Å². The Kier molecular flexibility index (Phi) is 6.24. The van der Waals surface area contributed by atoms with E-state index in [-0.39, 0.29) is 11.7 Å². The maximum absolute atomic E-state index is 11.0. The van der Waals surface area contributed by atoms with E-state index in [1.54, 1.807) is 12.5 Å². The highest BCUT2D eigenvalue weighted by molar-refractivity contribution is 8.13. The van der Waals surface area contributed by atoms with E-state index in [9.17, 15) is 4.79 Å². The Morgan fingerprint density at radius 2 is 1.95 bits per heavy atom. The molecule has 4 nitrogen and oxygen atoms in total. The summed E-state index contributed by atoms with van der Waals surface area (Å²) in [6, 6.07) is 13.8. The number of hydrogen-bond acceptors (Lipinski definition) is 5. The van der Waals surface area contributed by atoms with E-state index in [1.165, 1.54) is 0 Å². The number of benzene rings is 1. The van der Waals surface area contributed by atoms with Crippen molar-refractivity contribution in [2.24, 2.45) is 0 Å². The summed E-state index contributed by atoms with van der Waals surface area (Å²) < 4.78 is 10.7. The summed E-state index contributed by atoms with van der Waals surface area (Å²) in [5, 5.41) is 0.0175. The molecule has 21 heavy (non-hydrogen) atoms. The summed E-state index contributed by atoms with van der Waals surface area (Å²) in [5.41, 5.74) is 1.98. The minimum absolute atomic E-state index is 0.0175. The average Bonchev–Trinajstić information content (AvgIpc) is 2.55. The Morgan fingerprint density at radius 3 is 2.62 bits per heavy atom. The van der Waals surface area contributed by atoms with Crippen molar-refractivity contribution in [1.29, 1.82) is 0 Å². The molecule has 1 heterocycles. The van der Waals surface area contributed by atoms with E-state index < -0.39 is 0 Å². The second-order valence-corrected chi connectivity index (χ2v) is 5.09. The van der Waals surface area contributed by atoms with Gasteiger partial charge in [0.25, 0.3) is 0 Å². The molecule has 1 aromatic carbocycles. The Hall–Kier alpha value is -1.85. The van der Waals surface area contributed by atoms with Gasteiger partial charge in [0.05, 0.1) is 18.5 Å². The Morgan fingerprint density at radius 1 is 1.14 bits per heavy atom. The summed E-state index contributed by atoms with van der Waals surface area (Å²) in [4.78, 5) is 15.4. The van der Waals surface area contributed by atoms with Crippen LogP contribution in [-0.2, 0) is 9.53 Å². The normalized spacial score (nSPS) is 10.3. The van der Waals surface area contributed by atoms with Crippen LogP contribution < -0.4 is 4.74 Å². The van der Waals surface area contributed by atoms with Gasteiger partial charge in [-0.15, -0.1) is 0 Å². The van der Waals surface area contributed by atoms with Crippen LogP contribution in [0, 0.1) is 0 Å². The van der Waals surface area contributed by atoms with Crippen molar-refractivity contribution >= 4 is 16.9 Å². The molecule has 0 N–H and O–H groups in total. The molecule has 0 saturated carbocycles. The number of rotatable bonds is 7. The van der Waals surface area contributed by atoms with Crippen LogP contribution in [0.4, 0.5) is 0 Å². The van der Waals surface area contributed by atoms with Gasteiger partial charge in [0.15, 0.2) is 0 Å². The van der Waals surface area contributed by atoms with Crippen molar-refractivity contribution < 1.29 is 14.3 Å². The highest BCUT2D eigenvalue weighted by atomic mass is 32.2. The molecule has 0 aliphatic carbocycles. The predicted octanol–water partition coefficient (Wildman–Crippen LogP) is 3.03. The molecule has 0 amide bonds. The van der Waals surface area contributed by atoms with Crippen molar-refractivity contribution in [2.45, 2.75) is 0 Å². The Balaban J connectivity index is 1.77. The number of aromatic nitrogens is 1. The van der Waals surface area contributed by atoms with Gasteiger partial charge in [-0.25, -0.2) is 0 Å². The van der Waals surface area contributed by atoms with E-state index in [0.29, 0.717) is 19.0 Å². The first kappa shape index (κ1) is 15.5. The molecule has 2 aromatic rings. The van der Waals surface area contributed by atoms with Crippen LogP contribution in [0.15, 0.2) is 48.7 Å². The maximum Gasteiger partial charge on any atom is 0.214 e. The zero-order chi connectivity index (χ0) is 14.9. The lowest BCUT2D eigenvalue weighted by Crippen LogP contribution is -2.11. The standard InChI is InChI=1S/C16H17NO3S/c1-21-16(18)12-19-9-10-20-14-7-8-15(17-11-14)13-5-3-2-4-6-13/h2-8,11H,9-10,12H2,1H3. The van der Waals surface area contributed by atoms with Gasteiger partial charge in [-0.05, 0) is 18.4 Å². The first-order chi connectivity index (χ1) is 10.3. The molecule has 2 rings (SSSR count). The predicted molar refractivity (Wildman–Crippen MR) is 84.5 cm³/mol. The number of ether oxygens (including phenoxy) is 2. The Labute approximate surface area is 128 Å². The molecule has 0 spiro atoms. The van der Waals surface area contributed by atoms with Crippen LogP contribution in [-0.4, -0.2) is 36.2 Å². The number of carbonyl (C=O) groups excluding carboxylic acids is 1. The molecule has 1 aromatic heterocycles. The summed E-state index contributed by atoms with van der Waals surface area (Å²) in [5.74, 6) is 0.689. The zero-order valence-electron chi connectivity index (χ0n) is 11.8. The third-order valence-corrected chi connectivity index (χ3v) is 3.32. The molecule has 0 radical (unpaired) electrons. The van der Waals surface area contributed by atoms with E-state index in [4.69, 9.17) is 9.47 Å². The molecule has 0 aliphatic heterocycles. The van der Waals surface area contributed by atoms with E-state index in [1.807, 2.05) is 42.5 Å². The van der Waals surface area contributed by atoms with Crippen molar-refractivity contribution in [3.8, 4) is 17.0 Å². The third-order valence-electron chi connectivity index (χ3n) is 2.75. The number of carbonyl (C=O) groups is 1. The molecule has 110 valence electrons. The average molecular weight is 303 g/mol. The number of thioether (sulfide) groups is 1. The molecular formula is C16H17NO3S. The van der Waals surface area contributed by atoms with Gasteiger partial charge < -0.3 is 9.47 Å². The monoisotopic (exact) mass is 303 g/mol. The Bertz CT molecular complexity index is 557. The molecule has 0 atom stereocenters. The van der Waals surface area contributed by atoms with Crippen molar-refractivity contribution in [1.82, 2.24) is 4.98 Å². The lowest BCUT2D eigenvalue weighted by molar-refractivity contribution is -0.115. The summed E-state index contributed by atoms with van der Waals surface area (Å²) in [6.45, 7) is 0.899. The van der Waals surface area contributed by atoms with Gasteiger partial charge in [0.1, 0.15) is 19.0 Å². The lowest BCUT2D eigenvalue weighted by Gasteiger charge is -2.07. The maximum atomic E-state index is 11.0. The van der Waals surface area contributed by atoms with Gasteiger partial charge >= 0.3 is 0 Å². The summed E-state index contributed by atoms with van der Waals surface area (Å²) in [7, 11) is 0. The molecule has 0 fully saturated rings. The first-order valence-corrected chi connectivity index (χ1v) is 7.81. The molecule has 0 unspecified atom stereocenters. The summed E-state index contributed by atoms with van der Waals surface area (Å²) in [6.07, 6.45) is 3.43. The van der Waals surface area contributed by atoms with Crippen LogP contribution >= 0.6 is 11.8 Å². The van der Waals surface area contributed by atoms with Gasteiger partial charge in [0, 0.05) is 5.56 Å². The zero-order valence-corrected chi connectivity index (χ0v) is 12.6. The topological polar surface area (TPSA) is 48.4 Å². The van der Waals surface area contributed by atoms with Crippen LogP contribution in [0.25, 0.3) is 11.3 Å². The first-order valence-electron chi connectivity index (χ1n) is 6.58. The fourth-order valence-electron chi connectivity index (χ4n) is 1.68. The van der Waals surface area contributed by atoms with Crippen molar-refractivity contribution in [2.75, 3.05) is 26.1 Å². The van der Waals surface area contributed by atoms with E-state index in [2.05, 4.69) is 4.98 Å². The quantitative estimate of drug-likeness (QED) is 0.736. The fourth-order valence-corrected chi connectivity index (χ4v) is 1.88. The van der Waals surface area contributed by atoms with Gasteiger partial charge in [-0.3, -0.25) is 9.78 Å². The number of nitrogens with zero attached hydrogens (tertiary/aromatic N) is 1. The molecule has 0 aliphatic rings. The summed E-state index contributed by atoms with van der Waals surface area (Å²) >= 11 is 1.16. The second-order valence-electron chi connectivity index (χ2n) is 4.22. The number of hydrogen-bond donors (Lipinski definition) is 0. The minimum Gasteiger partial charge on any atom is -0.490 e. The lowest BCUT2D eigenvalue weighted by atomic mass is 10.1.